The second-order valence-corrected chi connectivity index (χ2v) is 6.41. The molecule has 0 fully saturated rings. The summed E-state index contributed by atoms with van der Waals surface area (Å²) < 4.78 is 10.7. The van der Waals surface area contributed by atoms with Crippen LogP contribution in [0.15, 0.2) is 24.3 Å². The number of carbonyl (C=O) groups is 3. The van der Waals surface area contributed by atoms with Gasteiger partial charge in [0, 0.05) is 11.3 Å². The van der Waals surface area contributed by atoms with Gasteiger partial charge in [-0.15, -0.1) is 0 Å². The van der Waals surface area contributed by atoms with E-state index in [2.05, 4.69) is 11.9 Å². The third kappa shape index (κ3) is 5.06. The van der Waals surface area contributed by atoms with E-state index in [1.54, 1.807) is 38.1 Å². The summed E-state index contributed by atoms with van der Waals surface area (Å²) in [7, 11) is 0. The number of nitrogens with one attached hydrogen (secondary N) is 1. The van der Waals surface area contributed by atoms with E-state index in [1.807, 2.05) is 0 Å². The van der Waals surface area contributed by atoms with Crippen LogP contribution in [0, 0.1) is 13.8 Å². The maximum absolute atomic E-state index is 12.4. The van der Waals surface area contributed by atoms with Gasteiger partial charge >= 0.3 is 5.97 Å². The SMILES string of the molecule is CCCCOc1ccc(C(=O)OCC(=O)c2[nH]c(C)c(C(C)=O)c2C)cc1. The van der Waals surface area contributed by atoms with Crippen LogP contribution < -0.4 is 4.74 Å². The normalized spacial score (nSPS) is 10.5. The van der Waals surface area contributed by atoms with Gasteiger partial charge in [-0.3, -0.25) is 9.59 Å². The summed E-state index contributed by atoms with van der Waals surface area (Å²) in [5, 5.41) is 0. The number of hydrogen-bond donors (Lipinski definition) is 1. The first-order valence-electron chi connectivity index (χ1n) is 8.98. The van der Waals surface area contributed by atoms with Crippen LogP contribution >= 0.6 is 0 Å². The zero-order valence-electron chi connectivity index (χ0n) is 16.2. The molecule has 6 nitrogen and oxygen atoms in total. The van der Waals surface area contributed by atoms with E-state index < -0.39 is 12.6 Å². The molecule has 0 aliphatic carbocycles. The molecule has 0 saturated carbocycles. The molecule has 2 aromatic rings. The van der Waals surface area contributed by atoms with E-state index in [9.17, 15) is 14.4 Å². The Morgan fingerprint density at radius 1 is 1.07 bits per heavy atom. The number of benzene rings is 1. The number of aromatic amines is 1. The lowest BCUT2D eigenvalue weighted by Gasteiger charge is -2.07. The molecule has 0 unspecified atom stereocenters. The van der Waals surface area contributed by atoms with Crippen molar-refractivity contribution in [2.75, 3.05) is 13.2 Å². The highest BCUT2D eigenvalue weighted by atomic mass is 16.5. The second kappa shape index (κ2) is 9.16. The number of carbonyl (C=O) groups excluding carboxylic acids is 3. The van der Waals surface area contributed by atoms with Crippen molar-refractivity contribution in [1.29, 1.82) is 0 Å². The van der Waals surface area contributed by atoms with Gasteiger partial charge in [0.2, 0.25) is 5.78 Å². The van der Waals surface area contributed by atoms with Crippen LogP contribution in [0.2, 0.25) is 0 Å². The van der Waals surface area contributed by atoms with Gasteiger partial charge in [-0.1, -0.05) is 13.3 Å². The van der Waals surface area contributed by atoms with Crippen molar-refractivity contribution in [2.24, 2.45) is 0 Å². The summed E-state index contributed by atoms with van der Waals surface area (Å²) in [5.74, 6) is -0.393. The van der Waals surface area contributed by atoms with Crippen molar-refractivity contribution in [3.8, 4) is 5.75 Å². The molecule has 0 saturated heterocycles. The minimum atomic E-state index is -0.587. The van der Waals surface area contributed by atoms with Gasteiger partial charge < -0.3 is 14.5 Å². The highest BCUT2D eigenvalue weighted by molar-refractivity contribution is 6.04. The molecule has 0 spiro atoms. The van der Waals surface area contributed by atoms with Crippen LogP contribution in [0.3, 0.4) is 0 Å². The predicted molar refractivity (Wildman–Crippen MR) is 102 cm³/mol. The average Bonchev–Trinajstić information content (AvgIpc) is 2.94. The van der Waals surface area contributed by atoms with Crippen molar-refractivity contribution in [2.45, 2.75) is 40.5 Å². The van der Waals surface area contributed by atoms with Gasteiger partial charge in [0.05, 0.1) is 17.9 Å². The Kier molecular flexibility index (Phi) is 6.93. The Labute approximate surface area is 158 Å². The van der Waals surface area contributed by atoms with Crippen LogP contribution in [0.25, 0.3) is 0 Å². The van der Waals surface area contributed by atoms with Crippen molar-refractivity contribution < 1.29 is 23.9 Å². The standard InChI is InChI=1S/C21H25NO5/c1-5-6-11-26-17-9-7-16(8-10-17)21(25)27-12-18(24)20-13(2)19(15(4)23)14(3)22-20/h7-10,22H,5-6,11-12H2,1-4H3. The van der Waals surface area contributed by atoms with Crippen LogP contribution in [0.1, 0.15) is 69.2 Å². The summed E-state index contributed by atoms with van der Waals surface area (Å²) in [5.41, 5.74) is 2.35. The number of aromatic nitrogens is 1. The molecule has 0 aliphatic rings. The second-order valence-electron chi connectivity index (χ2n) is 6.41. The minimum absolute atomic E-state index is 0.112. The topological polar surface area (TPSA) is 85.5 Å². The Hall–Kier alpha value is -2.89. The van der Waals surface area contributed by atoms with Gasteiger partial charge in [-0.05, 0) is 57.0 Å². The monoisotopic (exact) mass is 371 g/mol. The number of esters is 1. The Bertz CT molecular complexity index is 833. The first-order valence-corrected chi connectivity index (χ1v) is 8.98. The van der Waals surface area contributed by atoms with Crippen molar-refractivity contribution in [3.63, 3.8) is 0 Å². The molecule has 2 rings (SSSR count). The zero-order valence-corrected chi connectivity index (χ0v) is 16.2. The quantitative estimate of drug-likeness (QED) is 0.408. The molecule has 144 valence electrons. The van der Waals surface area contributed by atoms with E-state index in [1.165, 1.54) is 6.92 Å². The fourth-order valence-corrected chi connectivity index (χ4v) is 2.87. The molecule has 1 aromatic carbocycles. The fourth-order valence-electron chi connectivity index (χ4n) is 2.87. The van der Waals surface area contributed by atoms with Crippen LogP contribution in [-0.4, -0.2) is 35.7 Å². The van der Waals surface area contributed by atoms with Gasteiger partial charge in [-0.25, -0.2) is 4.79 Å². The molecule has 0 amide bonds. The van der Waals surface area contributed by atoms with Crippen LogP contribution in [0.4, 0.5) is 0 Å². The van der Waals surface area contributed by atoms with Crippen molar-refractivity contribution in [1.82, 2.24) is 4.98 Å². The number of H-pyrrole nitrogens is 1. The summed E-state index contributed by atoms with van der Waals surface area (Å²) in [6, 6.07) is 6.61. The number of hydrogen-bond acceptors (Lipinski definition) is 5. The van der Waals surface area contributed by atoms with Crippen molar-refractivity contribution in [3.05, 3.63) is 52.3 Å². The van der Waals surface area contributed by atoms with Gasteiger partial charge in [-0.2, -0.15) is 0 Å². The van der Waals surface area contributed by atoms with Gasteiger partial charge in [0.15, 0.2) is 12.4 Å². The highest BCUT2D eigenvalue weighted by Gasteiger charge is 2.21. The third-order valence-corrected chi connectivity index (χ3v) is 4.26. The molecule has 0 aliphatic heterocycles. The molecule has 1 heterocycles. The van der Waals surface area contributed by atoms with Crippen LogP contribution in [-0.2, 0) is 4.74 Å². The molecule has 1 N–H and O–H groups in total. The maximum atomic E-state index is 12.4. The lowest BCUT2D eigenvalue weighted by atomic mass is 10.1. The predicted octanol–water partition coefficient (Wildman–Crippen LogP) is 4.05. The molecule has 0 atom stereocenters. The minimum Gasteiger partial charge on any atom is -0.494 e. The van der Waals surface area contributed by atoms with E-state index in [4.69, 9.17) is 9.47 Å². The van der Waals surface area contributed by atoms with Crippen LogP contribution in [0.5, 0.6) is 5.75 Å². The lowest BCUT2D eigenvalue weighted by molar-refractivity contribution is 0.0473. The van der Waals surface area contributed by atoms with E-state index in [0.29, 0.717) is 40.4 Å². The summed E-state index contributed by atoms with van der Waals surface area (Å²) in [6.45, 7) is 7.20. The smallest absolute Gasteiger partial charge is 0.338 e. The van der Waals surface area contributed by atoms with Gasteiger partial charge in [0.25, 0.3) is 0 Å². The number of ether oxygens (including phenoxy) is 2. The number of unbranched alkanes of at least 4 members (excludes halogenated alkanes) is 1. The third-order valence-electron chi connectivity index (χ3n) is 4.26. The number of rotatable bonds is 9. The number of aryl methyl sites for hydroxylation is 1. The lowest BCUT2D eigenvalue weighted by Crippen LogP contribution is -2.15. The fraction of sp³-hybridized carbons (Fsp3) is 0.381. The van der Waals surface area contributed by atoms with Gasteiger partial charge in [0.1, 0.15) is 5.75 Å². The van der Waals surface area contributed by atoms with E-state index >= 15 is 0 Å². The Morgan fingerprint density at radius 2 is 1.74 bits per heavy atom. The average molecular weight is 371 g/mol. The molecular formula is C21H25NO5. The first-order chi connectivity index (χ1) is 12.8. The number of ketones is 2. The molecule has 0 radical (unpaired) electrons. The number of Topliss-reactive ketones (excluding diaryl/α,β-unsaturated/α-hetero) is 2. The maximum Gasteiger partial charge on any atom is 0.338 e. The zero-order chi connectivity index (χ0) is 20.0. The van der Waals surface area contributed by atoms with E-state index in [-0.39, 0.29) is 11.6 Å². The Morgan fingerprint density at radius 3 is 2.30 bits per heavy atom. The molecular weight excluding hydrogens is 346 g/mol. The summed E-state index contributed by atoms with van der Waals surface area (Å²) >= 11 is 0. The Balaban J connectivity index is 1.96. The largest absolute Gasteiger partial charge is 0.494 e. The first kappa shape index (κ1) is 20.4. The highest BCUT2D eigenvalue weighted by Crippen LogP contribution is 2.19. The molecule has 0 bridgehead atoms. The molecule has 27 heavy (non-hydrogen) atoms. The summed E-state index contributed by atoms with van der Waals surface area (Å²) in [6.07, 6.45) is 2.01. The van der Waals surface area contributed by atoms with Crippen molar-refractivity contribution >= 4 is 17.5 Å². The molecule has 6 heteroatoms. The van der Waals surface area contributed by atoms with E-state index in [0.717, 1.165) is 12.8 Å². The molecule has 1 aromatic heterocycles. The summed E-state index contributed by atoms with van der Waals surface area (Å²) in [4.78, 5) is 39.1.